The minimum atomic E-state index is -3.21. The number of benzene rings is 1. The summed E-state index contributed by atoms with van der Waals surface area (Å²) in [6.45, 7) is 6.11. The average molecular weight is 257 g/mol. The van der Waals surface area contributed by atoms with E-state index in [1.165, 1.54) is 0 Å². The van der Waals surface area contributed by atoms with E-state index in [9.17, 15) is 8.42 Å². The largest absolute Gasteiger partial charge is 0.494 e. The molecular formula is C12H19NO3S. The number of hydrogen-bond acceptors (Lipinski definition) is 3. The van der Waals surface area contributed by atoms with Crippen LogP contribution in [-0.4, -0.2) is 20.3 Å². The van der Waals surface area contributed by atoms with Crippen molar-refractivity contribution in [3.8, 4) is 5.75 Å². The number of ether oxygens (including phenoxy) is 1. The van der Waals surface area contributed by atoms with Crippen LogP contribution in [0.25, 0.3) is 0 Å². The van der Waals surface area contributed by atoms with Gasteiger partial charge in [0.15, 0.2) is 0 Å². The third kappa shape index (κ3) is 4.36. The SMILES string of the molecule is CCOc1cccc(CNS(=O)(=O)C(C)C)c1. The van der Waals surface area contributed by atoms with Gasteiger partial charge in [-0.15, -0.1) is 0 Å². The molecule has 0 aromatic heterocycles. The van der Waals surface area contributed by atoms with Gasteiger partial charge < -0.3 is 4.74 Å². The molecule has 1 rings (SSSR count). The molecule has 1 aromatic carbocycles. The van der Waals surface area contributed by atoms with Crippen LogP contribution >= 0.6 is 0 Å². The molecule has 0 bridgehead atoms. The van der Waals surface area contributed by atoms with E-state index in [1.807, 2.05) is 31.2 Å². The van der Waals surface area contributed by atoms with Gasteiger partial charge in [0.2, 0.25) is 10.0 Å². The van der Waals surface area contributed by atoms with Crippen LogP contribution in [-0.2, 0) is 16.6 Å². The first kappa shape index (κ1) is 14.0. The van der Waals surface area contributed by atoms with E-state index >= 15 is 0 Å². The predicted molar refractivity (Wildman–Crippen MR) is 68.5 cm³/mol. The highest BCUT2D eigenvalue weighted by Gasteiger charge is 2.14. The molecular weight excluding hydrogens is 238 g/mol. The zero-order valence-corrected chi connectivity index (χ0v) is 11.3. The third-order valence-electron chi connectivity index (χ3n) is 2.31. The summed E-state index contributed by atoms with van der Waals surface area (Å²) in [5.74, 6) is 0.758. The summed E-state index contributed by atoms with van der Waals surface area (Å²) in [5.41, 5.74) is 0.889. The van der Waals surface area contributed by atoms with E-state index in [-0.39, 0.29) is 0 Å². The Bertz CT molecular complexity index is 455. The molecule has 0 atom stereocenters. The molecule has 0 aliphatic carbocycles. The van der Waals surface area contributed by atoms with E-state index in [0.29, 0.717) is 13.2 Å². The van der Waals surface area contributed by atoms with Crippen molar-refractivity contribution in [1.82, 2.24) is 4.72 Å². The van der Waals surface area contributed by atoms with E-state index < -0.39 is 15.3 Å². The van der Waals surface area contributed by atoms with Crippen LogP contribution in [0.5, 0.6) is 5.75 Å². The topological polar surface area (TPSA) is 55.4 Å². The Labute approximate surface area is 103 Å². The lowest BCUT2D eigenvalue weighted by molar-refractivity contribution is 0.340. The van der Waals surface area contributed by atoms with Gasteiger partial charge in [0, 0.05) is 6.54 Å². The second-order valence-corrected chi connectivity index (χ2v) is 6.32. The van der Waals surface area contributed by atoms with Crippen molar-refractivity contribution in [2.75, 3.05) is 6.61 Å². The maximum Gasteiger partial charge on any atom is 0.214 e. The smallest absolute Gasteiger partial charge is 0.214 e. The highest BCUT2D eigenvalue weighted by molar-refractivity contribution is 7.90. The van der Waals surface area contributed by atoms with Gasteiger partial charge in [-0.05, 0) is 38.5 Å². The molecule has 0 aliphatic rings. The van der Waals surface area contributed by atoms with E-state index in [4.69, 9.17) is 4.74 Å². The second kappa shape index (κ2) is 6.02. The minimum absolute atomic E-state index is 0.293. The molecule has 96 valence electrons. The van der Waals surface area contributed by atoms with Gasteiger partial charge in [0.1, 0.15) is 5.75 Å². The van der Waals surface area contributed by atoms with Gasteiger partial charge >= 0.3 is 0 Å². The molecule has 4 nitrogen and oxygen atoms in total. The van der Waals surface area contributed by atoms with Crippen LogP contribution in [0.3, 0.4) is 0 Å². The number of sulfonamides is 1. The first-order valence-corrected chi connectivity index (χ1v) is 7.20. The van der Waals surface area contributed by atoms with Gasteiger partial charge in [-0.1, -0.05) is 12.1 Å². The summed E-state index contributed by atoms with van der Waals surface area (Å²) in [6.07, 6.45) is 0. The Morgan fingerprint density at radius 3 is 2.65 bits per heavy atom. The molecule has 5 heteroatoms. The average Bonchev–Trinajstić information content (AvgIpc) is 2.27. The quantitative estimate of drug-likeness (QED) is 0.847. The molecule has 0 radical (unpaired) electrons. The van der Waals surface area contributed by atoms with Crippen LogP contribution in [0.4, 0.5) is 0 Å². The maximum atomic E-state index is 11.6. The van der Waals surface area contributed by atoms with Gasteiger partial charge in [-0.2, -0.15) is 0 Å². The molecule has 0 saturated carbocycles. The Balaban J connectivity index is 2.67. The maximum absolute atomic E-state index is 11.6. The summed E-state index contributed by atoms with van der Waals surface area (Å²) >= 11 is 0. The van der Waals surface area contributed by atoms with Crippen molar-refractivity contribution in [3.63, 3.8) is 0 Å². The zero-order chi connectivity index (χ0) is 12.9. The van der Waals surface area contributed by atoms with Crippen LogP contribution < -0.4 is 9.46 Å². The van der Waals surface area contributed by atoms with Crippen LogP contribution in [0.15, 0.2) is 24.3 Å². The van der Waals surface area contributed by atoms with E-state index in [0.717, 1.165) is 11.3 Å². The van der Waals surface area contributed by atoms with Gasteiger partial charge in [0.25, 0.3) is 0 Å². The Hall–Kier alpha value is -1.07. The predicted octanol–water partition coefficient (Wildman–Crippen LogP) is 1.91. The molecule has 1 N–H and O–H groups in total. The van der Waals surface area contributed by atoms with Crippen molar-refractivity contribution in [2.24, 2.45) is 0 Å². The fourth-order valence-electron chi connectivity index (χ4n) is 1.26. The standard InChI is InChI=1S/C12H19NO3S/c1-4-16-12-7-5-6-11(8-12)9-13-17(14,15)10(2)3/h5-8,10,13H,4,9H2,1-3H3. The second-order valence-electron chi connectivity index (χ2n) is 4.00. The summed E-state index contributed by atoms with van der Waals surface area (Å²) in [5, 5.41) is -0.419. The van der Waals surface area contributed by atoms with Crippen molar-refractivity contribution < 1.29 is 13.2 Å². The third-order valence-corrected chi connectivity index (χ3v) is 4.10. The Morgan fingerprint density at radius 2 is 2.06 bits per heavy atom. The molecule has 0 fully saturated rings. The van der Waals surface area contributed by atoms with E-state index in [2.05, 4.69) is 4.72 Å². The zero-order valence-electron chi connectivity index (χ0n) is 10.4. The fraction of sp³-hybridized carbons (Fsp3) is 0.500. The van der Waals surface area contributed by atoms with E-state index in [1.54, 1.807) is 13.8 Å². The Morgan fingerprint density at radius 1 is 1.35 bits per heavy atom. The number of nitrogens with one attached hydrogen (secondary N) is 1. The monoisotopic (exact) mass is 257 g/mol. The summed E-state index contributed by atoms with van der Waals surface area (Å²) in [7, 11) is -3.21. The van der Waals surface area contributed by atoms with Gasteiger partial charge in [0.05, 0.1) is 11.9 Å². The molecule has 17 heavy (non-hydrogen) atoms. The molecule has 0 unspecified atom stereocenters. The molecule has 0 amide bonds. The lowest BCUT2D eigenvalue weighted by Gasteiger charge is -2.10. The number of rotatable bonds is 6. The molecule has 0 saturated heterocycles. The summed E-state index contributed by atoms with van der Waals surface area (Å²) < 4.78 is 31.1. The first-order valence-electron chi connectivity index (χ1n) is 5.66. The highest BCUT2D eigenvalue weighted by Crippen LogP contribution is 2.13. The summed E-state index contributed by atoms with van der Waals surface area (Å²) in [6, 6.07) is 7.41. The van der Waals surface area contributed by atoms with Crippen LogP contribution in [0.1, 0.15) is 26.3 Å². The van der Waals surface area contributed by atoms with Crippen LogP contribution in [0, 0.1) is 0 Å². The Kier molecular flexibility index (Phi) is 4.96. The normalized spacial score (nSPS) is 11.8. The van der Waals surface area contributed by atoms with Crippen molar-refractivity contribution in [1.29, 1.82) is 0 Å². The number of hydrogen-bond donors (Lipinski definition) is 1. The fourth-order valence-corrected chi connectivity index (χ4v) is 1.96. The first-order chi connectivity index (χ1) is 7.95. The van der Waals surface area contributed by atoms with Crippen molar-refractivity contribution >= 4 is 10.0 Å². The van der Waals surface area contributed by atoms with Crippen molar-refractivity contribution in [3.05, 3.63) is 29.8 Å². The molecule has 0 spiro atoms. The molecule has 0 heterocycles. The lowest BCUT2D eigenvalue weighted by atomic mass is 10.2. The van der Waals surface area contributed by atoms with Crippen LogP contribution in [0.2, 0.25) is 0 Å². The van der Waals surface area contributed by atoms with Gasteiger partial charge in [-0.3, -0.25) is 0 Å². The summed E-state index contributed by atoms with van der Waals surface area (Å²) in [4.78, 5) is 0. The van der Waals surface area contributed by atoms with Crippen molar-refractivity contribution in [2.45, 2.75) is 32.6 Å². The van der Waals surface area contributed by atoms with Gasteiger partial charge in [-0.25, -0.2) is 13.1 Å². The lowest BCUT2D eigenvalue weighted by Crippen LogP contribution is -2.30. The molecule has 0 aliphatic heterocycles. The molecule has 1 aromatic rings. The highest BCUT2D eigenvalue weighted by atomic mass is 32.2. The minimum Gasteiger partial charge on any atom is -0.494 e.